The van der Waals surface area contributed by atoms with Crippen LogP contribution in [0.25, 0.3) is 0 Å². The molecule has 0 saturated heterocycles. The first-order valence-electron chi connectivity index (χ1n) is 7.59. The van der Waals surface area contributed by atoms with Crippen molar-refractivity contribution in [3.05, 3.63) is 71.8 Å². The molecule has 0 unspecified atom stereocenters. The van der Waals surface area contributed by atoms with Crippen LogP contribution in [0.5, 0.6) is 0 Å². The fourth-order valence-electron chi connectivity index (χ4n) is 2.53. The van der Waals surface area contributed by atoms with E-state index in [9.17, 15) is 4.57 Å². The van der Waals surface area contributed by atoms with Gasteiger partial charge in [0.2, 0.25) is 0 Å². The van der Waals surface area contributed by atoms with E-state index in [1.807, 2.05) is 50.2 Å². The van der Waals surface area contributed by atoms with Gasteiger partial charge >= 0.3 is 0 Å². The molecule has 0 amide bonds. The van der Waals surface area contributed by atoms with Crippen molar-refractivity contribution in [1.82, 2.24) is 4.67 Å². The normalized spacial score (nSPS) is 11.8. The van der Waals surface area contributed by atoms with Crippen molar-refractivity contribution < 1.29 is 4.57 Å². The van der Waals surface area contributed by atoms with Crippen molar-refractivity contribution >= 4 is 7.29 Å². The largest absolute Gasteiger partial charge is 0.307 e. The van der Waals surface area contributed by atoms with E-state index in [0.717, 1.165) is 25.4 Å². The van der Waals surface area contributed by atoms with E-state index in [4.69, 9.17) is 0 Å². The Morgan fingerprint density at radius 3 is 1.48 bits per heavy atom. The van der Waals surface area contributed by atoms with Gasteiger partial charge in [0.15, 0.2) is 0 Å². The van der Waals surface area contributed by atoms with E-state index >= 15 is 0 Å². The first-order chi connectivity index (χ1) is 10.2. The van der Waals surface area contributed by atoms with Gasteiger partial charge < -0.3 is 4.57 Å². The second kappa shape index (κ2) is 7.59. The number of benzene rings is 2. The van der Waals surface area contributed by atoms with E-state index in [1.54, 1.807) is 0 Å². The minimum Gasteiger partial charge on any atom is -0.307 e. The topological polar surface area (TPSA) is 20.3 Å². The third kappa shape index (κ3) is 4.30. The molecule has 0 fully saturated rings. The Kier molecular flexibility index (Phi) is 5.78. The Bertz CT molecular complexity index is 533. The molecule has 0 N–H and O–H groups in total. The van der Waals surface area contributed by atoms with Crippen molar-refractivity contribution in [2.24, 2.45) is 0 Å². The monoisotopic (exact) mass is 301 g/mol. The molecule has 2 nitrogen and oxygen atoms in total. The van der Waals surface area contributed by atoms with Crippen molar-refractivity contribution in [2.45, 2.75) is 26.9 Å². The van der Waals surface area contributed by atoms with Crippen LogP contribution in [-0.2, 0) is 17.7 Å². The zero-order valence-corrected chi connectivity index (χ0v) is 13.8. The third-order valence-corrected chi connectivity index (χ3v) is 7.21. The zero-order chi connectivity index (χ0) is 15.1. The average molecular weight is 301 g/mol. The molecular weight excluding hydrogens is 277 g/mol. The van der Waals surface area contributed by atoms with E-state index in [0.29, 0.717) is 0 Å². The summed E-state index contributed by atoms with van der Waals surface area (Å²) in [5.41, 5.74) is 2.44. The lowest BCUT2D eigenvalue weighted by atomic mass is 10.2. The summed E-state index contributed by atoms with van der Waals surface area (Å²) in [6.07, 6.45) is 1.45. The number of rotatable bonds is 7. The van der Waals surface area contributed by atoms with Gasteiger partial charge in [-0.1, -0.05) is 74.5 Å². The fraction of sp³-hybridized carbons (Fsp3) is 0.333. The van der Waals surface area contributed by atoms with Crippen LogP contribution >= 0.6 is 7.29 Å². The van der Waals surface area contributed by atoms with Crippen LogP contribution in [0.15, 0.2) is 60.7 Å². The van der Waals surface area contributed by atoms with E-state index in [1.165, 1.54) is 11.1 Å². The summed E-state index contributed by atoms with van der Waals surface area (Å²) in [5, 5.41) is 0. The molecule has 0 atom stereocenters. The molecule has 21 heavy (non-hydrogen) atoms. The molecule has 2 aromatic carbocycles. The Balaban J connectivity index is 2.24. The molecule has 0 heterocycles. The highest BCUT2D eigenvalue weighted by Gasteiger charge is 2.26. The molecule has 0 aliphatic carbocycles. The zero-order valence-electron chi connectivity index (χ0n) is 12.9. The van der Waals surface area contributed by atoms with Gasteiger partial charge in [0.05, 0.1) is 0 Å². The maximum absolute atomic E-state index is 13.2. The molecule has 0 radical (unpaired) electrons. The van der Waals surface area contributed by atoms with Gasteiger partial charge in [-0.05, 0) is 11.1 Å². The number of hydrogen-bond acceptors (Lipinski definition) is 1. The molecular formula is C18H24NOP. The van der Waals surface area contributed by atoms with Crippen molar-refractivity contribution in [1.29, 1.82) is 0 Å². The molecule has 0 spiro atoms. The summed E-state index contributed by atoms with van der Waals surface area (Å²) < 4.78 is 15.4. The molecule has 0 saturated carbocycles. The Morgan fingerprint density at radius 2 is 1.14 bits per heavy atom. The summed E-state index contributed by atoms with van der Waals surface area (Å²) in [4.78, 5) is 0. The van der Waals surface area contributed by atoms with Crippen LogP contribution in [0.1, 0.15) is 25.0 Å². The van der Waals surface area contributed by atoms with E-state index in [-0.39, 0.29) is 0 Å². The third-order valence-electron chi connectivity index (χ3n) is 3.92. The highest BCUT2D eigenvalue weighted by molar-refractivity contribution is 7.61. The molecule has 0 bridgehead atoms. The standard InChI is InChI=1S/C18H24NOP/c1-3-21(20,4-2)19(15-17-11-7-5-8-12-17)16-18-13-9-6-10-14-18/h5-14H,3-4,15-16H2,1-2H3. The van der Waals surface area contributed by atoms with E-state index in [2.05, 4.69) is 28.9 Å². The maximum atomic E-state index is 13.2. The first kappa shape index (κ1) is 16.0. The molecule has 0 aliphatic rings. The van der Waals surface area contributed by atoms with Crippen LogP contribution in [0.2, 0.25) is 0 Å². The molecule has 2 aromatic rings. The van der Waals surface area contributed by atoms with Gasteiger partial charge in [-0.15, -0.1) is 0 Å². The predicted molar refractivity (Wildman–Crippen MR) is 90.8 cm³/mol. The van der Waals surface area contributed by atoms with Gasteiger partial charge in [-0.2, -0.15) is 0 Å². The summed E-state index contributed by atoms with van der Waals surface area (Å²) >= 11 is 0. The molecule has 0 aromatic heterocycles. The van der Waals surface area contributed by atoms with Gasteiger partial charge in [0.1, 0.15) is 7.29 Å². The van der Waals surface area contributed by atoms with Crippen molar-refractivity contribution in [3.63, 3.8) is 0 Å². The molecule has 3 heteroatoms. The van der Waals surface area contributed by atoms with Crippen molar-refractivity contribution in [3.8, 4) is 0 Å². The lowest BCUT2D eigenvalue weighted by Crippen LogP contribution is -2.22. The predicted octanol–water partition coefficient (Wildman–Crippen LogP) is 5.01. The van der Waals surface area contributed by atoms with Crippen LogP contribution in [0.3, 0.4) is 0 Å². The smallest absolute Gasteiger partial charge is 0.150 e. The maximum Gasteiger partial charge on any atom is 0.150 e. The fourth-order valence-corrected chi connectivity index (χ4v) is 4.61. The first-order valence-corrected chi connectivity index (χ1v) is 9.62. The van der Waals surface area contributed by atoms with Gasteiger partial charge in [0.25, 0.3) is 0 Å². The number of hydrogen-bond donors (Lipinski definition) is 0. The van der Waals surface area contributed by atoms with Gasteiger partial charge in [-0.3, -0.25) is 0 Å². The molecule has 0 aliphatic heterocycles. The summed E-state index contributed by atoms with van der Waals surface area (Å²) in [6.45, 7) is 5.56. The van der Waals surface area contributed by atoms with Gasteiger partial charge in [0, 0.05) is 25.4 Å². The molecule has 2 rings (SSSR count). The quantitative estimate of drug-likeness (QED) is 0.670. The Labute approximate surface area is 128 Å². The highest BCUT2D eigenvalue weighted by atomic mass is 31.2. The highest BCUT2D eigenvalue weighted by Crippen LogP contribution is 2.50. The van der Waals surface area contributed by atoms with Crippen molar-refractivity contribution in [2.75, 3.05) is 12.3 Å². The Hall–Kier alpha value is -1.37. The van der Waals surface area contributed by atoms with Crippen LogP contribution in [0.4, 0.5) is 0 Å². The summed E-state index contributed by atoms with van der Waals surface area (Å²) in [7, 11) is -2.29. The van der Waals surface area contributed by atoms with Crippen LogP contribution < -0.4 is 0 Å². The summed E-state index contributed by atoms with van der Waals surface area (Å²) in [5.74, 6) is 0. The van der Waals surface area contributed by atoms with E-state index < -0.39 is 7.29 Å². The Morgan fingerprint density at radius 1 is 0.762 bits per heavy atom. The van der Waals surface area contributed by atoms with Gasteiger partial charge in [-0.25, -0.2) is 4.67 Å². The lowest BCUT2D eigenvalue weighted by molar-refractivity contribution is 0.399. The minimum atomic E-state index is -2.29. The second-order valence-corrected chi connectivity index (χ2v) is 8.80. The minimum absolute atomic E-state index is 0.725. The SMILES string of the molecule is CCP(=O)(CC)N(Cc1ccccc1)Cc1ccccc1. The molecule has 112 valence electrons. The second-order valence-electron chi connectivity index (χ2n) is 5.27. The van der Waals surface area contributed by atoms with Crippen LogP contribution in [0, 0.1) is 0 Å². The number of nitrogens with zero attached hydrogens (tertiary/aromatic N) is 1. The van der Waals surface area contributed by atoms with Crippen LogP contribution in [-0.4, -0.2) is 17.0 Å². The summed E-state index contributed by atoms with van der Waals surface area (Å²) in [6, 6.07) is 20.6. The average Bonchev–Trinajstić information content (AvgIpc) is 2.55. The lowest BCUT2D eigenvalue weighted by Gasteiger charge is -2.30.